The number of nitrogens with two attached hydrogens (primary N) is 1. The number of nitrogens with one attached hydrogen (secondary N) is 2. The third-order valence-electron chi connectivity index (χ3n) is 3.13. The van der Waals surface area contributed by atoms with E-state index < -0.39 is 10.0 Å². The van der Waals surface area contributed by atoms with Gasteiger partial charge in [-0.3, -0.25) is 4.79 Å². The number of benzene rings is 1. The van der Waals surface area contributed by atoms with Crippen molar-refractivity contribution in [1.82, 2.24) is 5.32 Å². The largest absolute Gasteiger partial charge is 0.325 e. The molecule has 1 aliphatic heterocycles. The fourth-order valence-corrected chi connectivity index (χ4v) is 2.84. The molecule has 6 nitrogen and oxygen atoms in total. The Kier molecular flexibility index (Phi) is 4.64. The minimum Gasteiger partial charge on any atom is -0.325 e. The normalized spacial score (nSPS) is 19.0. The Hall–Kier alpha value is -1.15. The number of anilines is 1. The van der Waals surface area contributed by atoms with Crippen LogP contribution in [0.25, 0.3) is 0 Å². The minimum atomic E-state index is -3.82. The summed E-state index contributed by atoms with van der Waals surface area (Å²) >= 11 is 5.94. The first-order chi connectivity index (χ1) is 9.36. The third-order valence-corrected chi connectivity index (χ3v) is 4.38. The lowest BCUT2D eigenvalue weighted by atomic mass is 10.1. The highest BCUT2D eigenvalue weighted by Gasteiger charge is 2.19. The topological polar surface area (TPSA) is 101 Å². The summed E-state index contributed by atoms with van der Waals surface area (Å²) in [5, 5.41) is 11.1. The lowest BCUT2D eigenvalue weighted by Gasteiger charge is -2.12. The van der Waals surface area contributed by atoms with Crippen LogP contribution in [0, 0.1) is 0 Å². The molecule has 8 heteroatoms. The molecular weight excluding hydrogens is 302 g/mol. The zero-order valence-corrected chi connectivity index (χ0v) is 12.3. The molecule has 1 amide bonds. The van der Waals surface area contributed by atoms with Gasteiger partial charge in [0.1, 0.15) is 0 Å². The minimum absolute atomic E-state index is 0.0869. The molecule has 0 aliphatic carbocycles. The quantitative estimate of drug-likeness (QED) is 0.773. The second kappa shape index (κ2) is 6.09. The van der Waals surface area contributed by atoms with Crippen LogP contribution >= 0.6 is 11.6 Å². The Balaban J connectivity index is 2.09. The molecule has 1 atom stereocenters. The fourth-order valence-electron chi connectivity index (χ4n) is 2.13. The summed E-state index contributed by atoms with van der Waals surface area (Å²) in [6.07, 6.45) is 2.34. The molecule has 0 radical (unpaired) electrons. The maximum Gasteiger partial charge on any atom is 0.238 e. The molecule has 4 N–H and O–H groups in total. The summed E-state index contributed by atoms with van der Waals surface area (Å²) < 4.78 is 22.5. The van der Waals surface area contributed by atoms with Gasteiger partial charge < -0.3 is 10.6 Å². The van der Waals surface area contributed by atoms with Crippen molar-refractivity contribution in [2.24, 2.45) is 5.14 Å². The molecule has 0 aromatic heterocycles. The van der Waals surface area contributed by atoms with E-state index in [1.165, 1.54) is 18.2 Å². The van der Waals surface area contributed by atoms with E-state index in [-0.39, 0.29) is 27.6 Å². The number of hydrogen-bond acceptors (Lipinski definition) is 4. The van der Waals surface area contributed by atoms with E-state index in [4.69, 9.17) is 16.7 Å². The molecule has 1 unspecified atom stereocenters. The van der Waals surface area contributed by atoms with Crippen LogP contribution in [-0.4, -0.2) is 26.9 Å². The first-order valence-corrected chi connectivity index (χ1v) is 8.14. The number of primary sulfonamides is 1. The third kappa shape index (κ3) is 3.92. The Labute approximate surface area is 122 Å². The predicted molar refractivity (Wildman–Crippen MR) is 77.1 cm³/mol. The lowest BCUT2D eigenvalue weighted by molar-refractivity contribution is -0.116. The van der Waals surface area contributed by atoms with Gasteiger partial charge in [0.15, 0.2) is 0 Å². The number of carbonyl (C=O) groups excluding carboxylic acids is 1. The standard InChI is InChI=1S/C12H16ClN3O3S/c13-10-4-3-9(20(14,18)19)7-11(10)16-12(17)6-8-2-1-5-15-8/h3-4,7-8,15H,1-2,5-6H2,(H,16,17)(H2,14,18,19). The van der Waals surface area contributed by atoms with Gasteiger partial charge in [-0.15, -0.1) is 0 Å². The maximum atomic E-state index is 11.9. The summed E-state index contributed by atoms with van der Waals surface area (Å²) in [6.45, 7) is 0.916. The Morgan fingerprint density at radius 3 is 2.85 bits per heavy atom. The highest BCUT2D eigenvalue weighted by Crippen LogP contribution is 2.25. The molecule has 2 rings (SSSR count). The summed E-state index contributed by atoms with van der Waals surface area (Å²) in [5.74, 6) is -0.210. The van der Waals surface area contributed by atoms with Crippen LogP contribution in [0.4, 0.5) is 5.69 Å². The Morgan fingerprint density at radius 1 is 1.50 bits per heavy atom. The number of carbonyl (C=O) groups is 1. The Bertz CT molecular complexity index is 612. The van der Waals surface area contributed by atoms with Gasteiger partial charge >= 0.3 is 0 Å². The van der Waals surface area contributed by atoms with Crippen LogP contribution in [0.3, 0.4) is 0 Å². The molecule has 1 aromatic carbocycles. The van der Waals surface area contributed by atoms with Crippen molar-refractivity contribution in [2.75, 3.05) is 11.9 Å². The number of halogens is 1. The summed E-state index contributed by atoms with van der Waals surface area (Å²) in [5.41, 5.74) is 0.251. The number of amides is 1. The zero-order chi connectivity index (χ0) is 14.8. The molecule has 0 saturated carbocycles. The molecule has 1 heterocycles. The van der Waals surface area contributed by atoms with Crippen molar-refractivity contribution >= 4 is 33.2 Å². The summed E-state index contributed by atoms with van der Waals surface area (Å²) in [6, 6.07) is 4.11. The van der Waals surface area contributed by atoms with Crippen molar-refractivity contribution in [1.29, 1.82) is 0 Å². The van der Waals surface area contributed by atoms with Crippen molar-refractivity contribution in [2.45, 2.75) is 30.2 Å². The van der Waals surface area contributed by atoms with Crippen molar-refractivity contribution in [3.05, 3.63) is 23.2 Å². The highest BCUT2D eigenvalue weighted by molar-refractivity contribution is 7.89. The molecule has 1 aromatic rings. The van der Waals surface area contributed by atoms with Crippen molar-refractivity contribution in [3.63, 3.8) is 0 Å². The van der Waals surface area contributed by atoms with Gasteiger partial charge in [-0.05, 0) is 37.6 Å². The fraction of sp³-hybridized carbons (Fsp3) is 0.417. The van der Waals surface area contributed by atoms with E-state index in [0.717, 1.165) is 19.4 Å². The van der Waals surface area contributed by atoms with Crippen LogP contribution < -0.4 is 15.8 Å². The number of rotatable bonds is 4. The zero-order valence-electron chi connectivity index (χ0n) is 10.7. The number of hydrogen-bond donors (Lipinski definition) is 3. The van der Waals surface area contributed by atoms with Gasteiger partial charge in [0.05, 0.1) is 15.6 Å². The SMILES string of the molecule is NS(=O)(=O)c1ccc(Cl)c(NC(=O)CC2CCCN2)c1. The summed E-state index contributed by atoms with van der Waals surface area (Å²) in [4.78, 5) is 11.8. The monoisotopic (exact) mass is 317 g/mol. The van der Waals surface area contributed by atoms with E-state index in [0.29, 0.717) is 6.42 Å². The van der Waals surface area contributed by atoms with E-state index in [2.05, 4.69) is 10.6 Å². The van der Waals surface area contributed by atoms with Gasteiger partial charge in [-0.1, -0.05) is 11.6 Å². The molecular formula is C12H16ClN3O3S. The number of sulfonamides is 1. The van der Waals surface area contributed by atoms with Crippen LogP contribution in [0.1, 0.15) is 19.3 Å². The van der Waals surface area contributed by atoms with Gasteiger partial charge in [0.25, 0.3) is 0 Å². The molecule has 20 heavy (non-hydrogen) atoms. The van der Waals surface area contributed by atoms with Gasteiger partial charge in [-0.2, -0.15) is 0 Å². The second-order valence-electron chi connectivity index (χ2n) is 4.73. The van der Waals surface area contributed by atoms with E-state index in [1.807, 2.05) is 0 Å². The van der Waals surface area contributed by atoms with E-state index >= 15 is 0 Å². The van der Waals surface area contributed by atoms with Gasteiger partial charge in [-0.25, -0.2) is 13.6 Å². The van der Waals surface area contributed by atoms with Crippen LogP contribution in [0.5, 0.6) is 0 Å². The molecule has 110 valence electrons. The van der Waals surface area contributed by atoms with Gasteiger partial charge in [0, 0.05) is 12.5 Å². The first-order valence-electron chi connectivity index (χ1n) is 6.22. The molecule has 0 bridgehead atoms. The van der Waals surface area contributed by atoms with E-state index in [9.17, 15) is 13.2 Å². The smallest absolute Gasteiger partial charge is 0.238 e. The molecule has 1 aliphatic rings. The van der Waals surface area contributed by atoms with Gasteiger partial charge in [0.2, 0.25) is 15.9 Å². The van der Waals surface area contributed by atoms with Crippen molar-refractivity contribution in [3.8, 4) is 0 Å². The second-order valence-corrected chi connectivity index (χ2v) is 6.70. The van der Waals surface area contributed by atoms with Crippen LogP contribution in [-0.2, 0) is 14.8 Å². The van der Waals surface area contributed by atoms with E-state index in [1.54, 1.807) is 0 Å². The summed E-state index contributed by atoms with van der Waals surface area (Å²) in [7, 11) is -3.82. The molecule has 1 saturated heterocycles. The molecule has 1 fully saturated rings. The highest BCUT2D eigenvalue weighted by atomic mass is 35.5. The van der Waals surface area contributed by atoms with Crippen molar-refractivity contribution < 1.29 is 13.2 Å². The average Bonchev–Trinajstić information content (AvgIpc) is 2.83. The predicted octanol–water partition coefficient (Wildman–Crippen LogP) is 1.07. The maximum absolute atomic E-state index is 11.9. The first kappa shape index (κ1) is 15.2. The van der Waals surface area contributed by atoms with Crippen LogP contribution in [0.15, 0.2) is 23.1 Å². The Morgan fingerprint density at radius 2 is 2.25 bits per heavy atom. The van der Waals surface area contributed by atoms with Crippen LogP contribution in [0.2, 0.25) is 5.02 Å². The molecule has 0 spiro atoms. The lowest BCUT2D eigenvalue weighted by Crippen LogP contribution is -2.27. The average molecular weight is 318 g/mol.